The molecule has 6 nitrogen and oxygen atoms in total. The van der Waals surface area contributed by atoms with Crippen LogP contribution in [0.4, 0.5) is 0 Å². The number of nitriles is 1. The molecule has 0 aromatic heterocycles. The lowest BCUT2D eigenvalue weighted by molar-refractivity contribution is -0.158. The van der Waals surface area contributed by atoms with Crippen molar-refractivity contribution in [3.05, 3.63) is 47.6 Å². The molecule has 0 saturated carbocycles. The minimum absolute atomic E-state index is 0.0461. The summed E-state index contributed by atoms with van der Waals surface area (Å²) in [5.74, 6) is -0.281. The quantitative estimate of drug-likeness (QED) is 0.122. The Labute approximate surface area is 191 Å². The molecule has 0 unspecified atom stereocenters. The molecule has 0 spiro atoms. The highest BCUT2D eigenvalue weighted by Crippen LogP contribution is 2.21. The van der Waals surface area contributed by atoms with Crippen LogP contribution in [-0.4, -0.2) is 31.8 Å². The number of unbranched alkanes of at least 4 members (excludes halogenated alkanes) is 3. The molecule has 1 aromatic carbocycles. The molecular weight excluding hydrogens is 406 g/mol. The average Bonchev–Trinajstić information content (AvgIpc) is 2.80. The van der Waals surface area contributed by atoms with Crippen LogP contribution in [0.3, 0.4) is 0 Å². The summed E-state index contributed by atoms with van der Waals surface area (Å²) in [6, 6.07) is 9.42. The fourth-order valence-electron chi connectivity index (χ4n) is 2.49. The van der Waals surface area contributed by atoms with E-state index in [0.29, 0.717) is 13.0 Å². The predicted octanol–water partition coefficient (Wildman–Crippen LogP) is 5.63. The molecule has 0 fully saturated rings. The molecule has 0 heterocycles. The van der Waals surface area contributed by atoms with Gasteiger partial charge in [0, 0.05) is 0 Å². The van der Waals surface area contributed by atoms with Crippen LogP contribution in [0.1, 0.15) is 65.4 Å². The zero-order valence-corrected chi connectivity index (χ0v) is 19.7. The van der Waals surface area contributed by atoms with Crippen LogP contribution < -0.4 is 4.74 Å². The Morgan fingerprint density at radius 2 is 1.69 bits per heavy atom. The van der Waals surface area contributed by atoms with E-state index in [0.717, 1.165) is 17.7 Å². The van der Waals surface area contributed by atoms with Crippen molar-refractivity contribution in [1.82, 2.24) is 0 Å². The SMILES string of the molecule is CCCCCCOc1ccc(/C=C/C=C(\C#N)C(=O)OCCOC(=O)C(C)(C)CC)cc1. The van der Waals surface area contributed by atoms with Crippen molar-refractivity contribution >= 4 is 18.0 Å². The van der Waals surface area contributed by atoms with E-state index in [1.807, 2.05) is 37.3 Å². The summed E-state index contributed by atoms with van der Waals surface area (Å²) in [6.07, 6.45) is 10.1. The van der Waals surface area contributed by atoms with Crippen LogP contribution in [0.15, 0.2) is 42.0 Å². The Hall–Kier alpha value is -3.07. The maximum Gasteiger partial charge on any atom is 0.349 e. The van der Waals surface area contributed by atoms with Crippen molar-refractivity contribution in [1.29, 1.82) is 5.26 Å². The zero-order chi connectivity index (χ0) is 23.8. The molecule has 6 heteroatoms. The minimum Gasteiger partial charge on any atom is -0.494 e. The Bertz CT molecular complexity index is 816. The third kappa shape index (κ3) is 10.3. The third-order valence-corrected chi connectivity index (χ3v) is 5.02. The number of hydrogen-bond acceptors (Lipinski definition) is 6. The van der Waals surface area contributed by atoms with Crippen molar-refractivity contribution in [2.45, 2.75) is 59.8 Å². The Kier molecular flexibility index (Phi) is 12.5. The van der Waals surface area contributed by atoms with Gasteiger partial charge in [-0.2, -0.15) is 5.26 Å². The van der Waals surface area contributed by atoms with Crippen molar-refractivity contribution in [2.75, 3.05) is 19.8 Å². The van der Waals surface area contributed by atoms with Crippen molar-refractivity contribution in [2.24, 2.45) is 5.41 Å². The monoisotopic (exact) mass is 441 g/mol. The van der Waals surface area contributed by atoms with Gasteiger partial charge < -0.3 is 14.2 Å². The topological polar surface area (TPSA) is 85.6 Å². The van der Waals surface area contributed by atoms with Gasteiger partial charge in [-0.25, -0.2) is 4.79 Å². The molecule has 0 aliphatic rings. The molecule has 0 bridgehead atoms. The van der Waals surface area contributed by atoms with Gasteiger partial charge in [0.2, 0.25) is 0 Å². The fraction of sp³-hybridized carbons (Fsp3) is 0.500. The second kappa shape index (κ2) is 14.9. The van der Waals surface area contributed by atoms with Gasteiger partial charge in [-0.05, 0) is 50.5 Å². The maximum atomic E-state index is 12.0. The van der Waals surface area contributed by atoms with E-state index in [4.69, 9.17) is 14.2 Å². The Morgan fingerprint density at radius 1 is 1.00 bits per heavy atom. The molecule has 174 valence electrons. The summed E-state index contributed by atoms with van der Waals surface area (Å²) in [7, 11) is 0. The molecule has 1 rings (SSSR count). The highest BCUT2D eigenvalue weighted by Gasteiger charge is 2.26. The van der Waals surface area contributed by atoms with Gasteiger partial charge >= 0.3 is 11.9 Å². The number of hydrogen-bond donors (Lipinski definition) is 0. The van der Waals surface area contributed by atoms with Gasteiger partial charge in [0.15, 0.2) is 0 Å². The summed E-state index contributed by atoms with van der Waals surface area (Å²) in [5.41, 5.74) is 0.204. The molecule has 0 atom stereocenters. The molecule has 0 radical (unpaired) electrons. The van der Waals surface area contributed by atoms with Gasteiger partial charge in [0.1, 0.15) is 30.6 Å². The number of ether oxygens (including phenoxy) is 3. The summed E-state index contributed by atoms with van der Waals surface area (Å²) < 4.78 is 15.8. The number of allylic oxidation sites excluding steroid dienone is 2. The first-order chi connectivity index (χ1) is 15.3. The molecular formula is C26H35NO5. The first kappa shape index (κ1) is 27.0. The van der Waals surface area contributed by atoms with Crippen LogP contribution in [0.5, 0.6) is 5.75 Å². The molecule has 0 aliphatic heterocycles. The average molecular weight is 442 g/mol. The predicted molar refractivity (Wildman–Crippen MR) is 125 cm³/mol. The van der Waals surface area contributed by atoms with Crippen LogP contribution in [0, 0.1) is 16.7 Å². The van der Waals surface area contributed by atoms with Crippen LogP contribution in [0.2, 0.25) is 0 Å². The van der Waals surface area contributed by atoms with Crippen LogP contribution in [-0.2, 0) is 19.1 Å². The number of carbonyl (C=O) groups is 2. The molecule has 0 N–H and O–H groups in total. The van der Waals surface area contributed by atoms with Crippen molar-refractivity contribution in [3.63, 3.8) is 0 Å². The van der Waals surface area contributed by atoms with Crippen molar-refractivity contribution in [3.8, 4) is 11.8 Å². The lowest BCUT2D eigenvalue weighted by Gasteiger charge is -2.20. The first-order valence-corrected chi connectivity index (χ1v) is 11.2. The maximum absolute atomic E-state index is 12.0. The number of esters is 2. The van der Waals surface area contributed by atoms with E-state index in [9.17, 15) is 14.9 Å². The Balaban J connectivity index is 2.46. The zero-order valence-electron chi connectivity index (χ0n) is 19.7. The van der Waals surface area contributed by atoms with Gasteiger partial charge in [-0.1, -0.05) is 57.4 Å². The summed E-state index contributed by atoms with van der Waals surface area (Å²) in [5, 5.41) is 9.19. The van der Waals surface area contributed by atoms with Gasteiger partial charge in [-0.15, -0.1) is 0 Å². The highest BCUT2D eigenvalue weighted by molar-refractivity contribution is 5.93. The van der Waals surface area contributed by atoms with E-state index in [1.54, 1.807) is 26.0 Å². The lowest BCUT2D eigenvalue weighted by Crippen LogP contribution is -2.27. The molecule has 1 aromatic rings. The minimum atomic E-state index is -0.755. The molecule has 32 heavy (non-hydrogen) atoms. The van der Waals surface area contributed by atoms with E-state index in [1.165, 1.54) is 25.3 Å². The fourth-order valence-corrected chi connectivity index (χ4v) is 2.49. The number of benzene rings is 1. The van der Waals surface area contributed by atoms with Crippen LogP contribution >= 0.6 is 0 Å². The van der Waals surface area contributed by atoms with E-state index >= 15 is 0 Å². The standard InChI is InChI=1S/C26H35NO5/c1-5-7-8-9-17-30-23-15-13-21(14-16-23)11-10-12-22(20-27)24(28)31-18-19-32-25(29)26(3,4)6-2/h10-16H,5-9,17-19H2,1-4H3/b11-10+,22-12+. The summed E-state index contributed by atoms with van der Waals surface area (Å²) in [4.78, 5) is 23.9. The summed E-state index contributed by atoms with van der Waals surface area (Å²) >= 11 is 0. The smallest absolute Gasteiger partial charge is 0.349 e. The lowest BCUT2D eigenvalue weighted by atomic mass is 9.91. The van der Waals surface area contributed by atoms with E-state index in [2.05, 4.69) is 6.92 Å². The number of rotatable bonds is 14. The molecule has 0 aliphatic carbocycles. The van der Waals surface area contributed by atoms with E-state index in [-0.39, 0.29) is 24.8 Å². The van der Waals surface area contributed by atoms with Gasteiger partial charge in [0.05, 0.1) is 12.0 Å². The largest absolute Gasteiger partial charge is 0.494 e. The second-order valence-electron chi connectivity index (χ2n) is 8.04. The summed E-state index contributed by atoms with van der Waals surface area (Å²) in [6.45, 7) is 8.22. The Morgan fingerprint density at radius 3 is 2.31 bits per heavy atom. The third-order valence-electron chi connectivity index (χ3n) is 5.02. The molecule has 0 amide bonds. The number of carbonyl (C=O) groups excluding carboxylic acids is 2. The van der Waals surface area contributed by atoms with Gasteiger partial charge in [0.25, 0.3) is 0 Å². The van der Waals surface area contributed by atoms with Gasteiger partial charge in [-0.3, -0.25) is 4.79 Å². The first-order valence-electron chi connectivity index (χ1n) is 11.2. The van der Waals surface area contributed by atoms with Crippen molar-refractivity contribution < 1.29 is 23.8 Å². The second-order valence-corrected chi connectivity index (χ2v) is 8.04. The van der Waals surface area contributed by atoms with E-state index < -0.39 is 11.4 Å². The highest BCUT2D eigenvalue weighted by atomic mass is 16.6. The normalized spacial score (nSPS) is 11.8. The molecule has 0 saturated heterocycles. The number of nitrogens with zero attached hydrogens (tertiary/aromatic N) is 1. The van der Waals surface area contributed by atoms with Crippen LogP contribution in [0.25, 0.3) is 6.08 Å².